The van der Waals surface area contributed by atoms with E-state index in [-0.39, 0.29) is 31.0 Å². The number of hydrogen-bond donors (Lipinski definition) is 0. The topological polar surface area (TPSA) is 92.8 Å². The summed E-state index contributed by atoms with van der Waals surface area (Å²) in [7, 11) is 0. The van der Waals surface area contributed by atoms with Crippen LogP contribution >= 0.6 is 0 Å². The molecule has 0 aromatic carbocycles. The molecule has 8 heteroatoms. The number of allylic oxidation sites excluding steroid dienone is 3. The van der Waals surface area contributed by atoms with E-state index >= 15 is 0 Å². The van der Waals surface area contributed by atoms with Gasteiger partial charge in [-0.15, -0.1) is 0 Å². The van der Waals surface area contributed by atoms with Gasteiger partial charge in [-0.2, -0.15) is 0 Å². The Morgan fingerprint density at radius 1 is 0.973 bits per heavy atom. The van der Waals surface area contributed by atoms with Gasteiger partial charge < -0.3 is 28.4 Å². The molecule has 0 radical (unpaired) electrons. The van der Waals surface area contributed by atoms with Crippen molar-refractivity contribution < 1.29 is 38.0 Å². The van der Waals surface area contributed by atoms with Crippen molar-refractivity contribution in [3.63, 3.8) is 0 Å². The Kier molecular flexibility index (Phi) is 6.02. The number of cyclic esters (lactones) is 1. The van der Waals surface area contributed by atoms with Crippen molar-refractivity contribution >= 4 is 11.9 Å². The second kappa shape index (κ2) is 8.90. The zero-order valence-electron chi connectivity index (χ0n) is 21.9. The van der Waals surface area contributed by atoms with Crippen LogP contribution in [0.25, 0.3) is 0 Å². The fourth-order valence-corrected chi connectivity index (χ4v) is 7.32. The van der Waals surface area contributed by atoms with Gasteiger partial charge in [-0.1, -0.05) is 42.4 Å². The highest BCUT2D eigenvalue weighted by atomic mass is 16.7. The molecule has 0 N–H and O–H groups in total. The summed E-state index contributed by atoms with van der Waals surface area (Å²) >= 11 is 0. The molecule has 4 aliphatic heterocycles. The quantitative estimate of drug-likeness (QED) is 0.276. The summed E-state index contributed by atoms with van der Waals surface area (Å²) in [4.78, 5) is 26.0. The lowest BCUT2D eigenvalue weighted by atomic mass is 9.51. The molecule has 200 valence electrons. The Morgan fingerprint density at radius 3 is 2.57 bits per heavy atom. The molecule has 4 fully saturated rings. The maximum atomic E-state index is 13.0. The van der Waals surface area contributed by atoms with Crippen LogP contribution in [0.4, 0.5) is 0 Å². The molecule has 3 saturated heterocycles. The van der Waals surface area contributed by atoms with Crippen molar-refractivity contribution in [2.45, 2.75) is 95.8 Å². The van der Waals surface area contributed by atoms with E-state index < -0.39 is 40.8 Å². The molecule has 4 heterocycles. The highest BCUT2D eigenvalue weighted by Gasteiger charge is 2.83. The van der Waals surface area contributed by atoms with Crippen LogP contribution in [0, 0.1) is 10.8 Å². The van der Waals surface area contributed by atoms with Gasteiger partial charge in [0.15, 0.2) is 6.29 Å². The molecule has 6 rings (SSSR count). The molecule has 0 aromatic rings. The van der Waals surface area contributed by atoms with Crippen LogP contribution in [0.5, 0.6) is 0 Å². The van der Waals surface area contributed by atoms with Crippen LogP contribution in [-0.4, -0.2) is 67.6 Å². The molecule has 6 aliphatic rings. The van der Waals surface area contributed by atoms with E-state index in [0.29, 0.717) is 19.4 Å². The molecule has 37 heavy (non-hydrogen) atoms. The first-order valence-electron chi connectivity index (χ1n) is 13.3. The van der Waals surface area contributed by atoms with E-state index in [4.69, 9.17) is 28.4 Å². The van der Waals surface area contributed by atoms with E-state index in [2.05, 4.69) is 19.9 Å². The number of fused-ring (bicyclic) bond motifs is 2. The SMILES string of the molecule is CC1=C[C@H]2O[C@@H]3C[C@H]4OC(=O)/C=C\C=C/[C@@H]5O[C@@H](C/C(C)=C\C(=O)OC[C@@]2(CC1)[C@]4(C)[C@]31CO1)O[C@H]5C. The molecule has 2 spiro atoms. The highest BCUT2D eigenvalue weighted by Crippen LogP contribution is 2.72. The second-order valence-corrected chi connectivity index (χ2v) is 11.7. The van der Waals surface area contributed by atoms with E-state index in [1.165, 1.54) is 17.7 Å². The highest BCUT2D eigenvalue weighted by molar-refractivity contribution is 5.83. The smallest absolute Gasteiger partial charge is 0.331 e. The standard InChI is InChI=1S/C29H36O8/c1-17-9-10-28-15-32-25(31)12-18(2)13-26-34-19(3)20(35-26)7-5-6-8-24(30)37-21-14-23(36-22(28)11-17)29(16-33-29)27(21,28)4/h5-8,11-12,19-23,26H,9-10,13-16H2,1-4H3/b7-5-,8-6-,18-12-/t19-,20-,21+,22+,23+,26-,27+,28+,29-/m0/s1. The average Bonchev–Trinajstić information content (AvgIpc) is 3.54. The van der Waals surface area contributed by atoms with Crippen LogP contribution in [0.1, 0.15) is 53.4 Å². The number of esters is 2. The first-order valence-corrected chi connectivity index (χ1v) is 13.3. The number of rotatable bonds is 0. The number of epoxide rings is 1. The molecule has 0 amide bonds. The summed E-state index contributed by atoms with van der Waals surface area (Å²) in [6.07, 6.45) is 11.3. The van der Waals surface area contributed by atoms with Gasteiger partial charge in [0, 0.05) is 30.4 Å². The minimum absolute atomic E-state index is 0.147. The van der Waals surface area contributed by atoms with Crippen molar-refractivity contribution in [1.29, 1.82) is 0 Å². The van der Waals surface area contributed by atoms with E-state index in [9.17, 15) is 9.59 Å². The van der Waals surface area contributed by atoms with E-state index in [1.807, 2.05) is 19.9 Å². The van der Waals surface area contributed by atoms with Gasteiger partial charge in [0.2, 0.25) is 0 Å². The third-order valence-electron chi connectivity index (χ3n) is 9.58. The minimum atomic E-state index is -0.590. The fraction of sp³-hybridized carbons (Fsp3) is 0.655. The molecule has 4 bridgehead atoms. The third-order valence-corrected chi connectivity index (χ3v) is 9.58. The molecule has 9 atom stereocenters. The maximum Gasteiger partial charge on any atom is 0.331 e. The molecular formula is C29H36O8. The molecule has 1 saturated carbocycles. The Hall–Kier alpha value is -2.26. The predicted octanol–water partition coefficient (Wildman–Crippen LogP) is 3.71. The molecule has 0 aromatic heterocycles. The van der Waals surface area contributed by atoms with Gasteiger partial charge in [0.05, 0.1) is 30.3 Å². The summed E-state index contributed by atoms with van der Waals surface area (Å²) in [6, 6.07) is 0. The van der Waals surface area contributed by atoms with Crippen LogP contribution < -0.4 is 0 Å². The van der Waals surface area contributed by atoms with Crippen molar-refractivity contribution in [2.75, 3.05) is 13.2 Å². The second-order valence-electron chi connectivity index (χ2n) is 11.7. The summed E-state index contributed by atoms with van der Waals surface area (Å²) in [5.74, 6) is -0.828. The summed E-state index contributed by atoms with van der Waals surface area (Å²) in [5.41, 5.74) is 0.362. The van der Waals surface area contributed by atoms with Crippen LogP contribution in [-0.2, 0) is 38.0 Å². The Labute approximate surface area is 217 Å². The zero-order chi connectivity index (χ0) is 26.0. The largest absolute Gasteiger partial charge is 0.462 e. The van der Waals surface area contributed by atoms with Gasteiger partial charge >= 0.3 is 11.9 Å². The minimum Gasteiger partial charge on any atom is -0.462 e. The lowest BCUT2D eigenvalue weighted by molar-refractivity contribution is -0.232. The number of hydrogen-bond acceptors (Lipinski definition) is 8. The average molecular weight is 513 g/mol. The van der Waals surface area contributed by atoms with E-state index in [0.717, 1.165) is 18.4 Å². The van der Waals surface area contributed by atoms with Crippen molar-refractivity contribution in [1.82, 2.24) is 0 Å². The Morgan fingerprint density at radius 2 is 1.78 bits per heavy atom. The van der Waals surface area contributed by atoms with Crippen LogP contribution in [0.2, 0.25) is 0 Å². The number of carbonyl (C=O) groups is 2. The van der Waals surface area contributed by atoms with Crippen LogP contribution in [0.3, 0.4) is 0 Å². The summed E-state index contributed by atoms with van der Waals surface area (Å²) < 4.78 is 36.8. The number of carbonyl (C=O) groups excluding carboxylic acids is 2. The van der Waals surface area contributed by atoms with Gasteiger partial charge in [-0.3, -0.25) is 0 Å². The first kappa shape index (κ1) is 25.0. The Balaban J connectivity index is 1.37. The molecule has 2 aliphatic carbocycles. The van der Waals surface area contributed by atoms with Gasteiger partial charge in [-0.05, 0) is 33.6 Å². The Bertz CT molecular complexity index is 1100. The lowest BCUT2D eigenvalue weighted by Crippen LogP contribution is -2.66. The number of ether oxygens (including phenoxy) is 6. The predicted molar refractivity (Wildman–Crippen MR) is 132 cm³/mol. The summed E-state index contributed by atoms with van der Waals surface area (Å²) in [5, 5.41) is 0. The fourth-order valence-electron chi connectivity index (χ4n) is 7.32. The summed E-state index contributed by atoms with van der Waals surface area (Å²) in [6.45, 7) is 8.77. The van der Waals surface area contributed by atoms with Crippen LogP contribution in [0.15, 0.2) is 47.6 Å². The first-order chi connectivity index (χ1) is 17.7. The van der Waals surface area contributed by atoms with Gasteiger partial charge in [-0.25, -0.2) is 9.59 Å². The monoisotopic (exact) mass is 512 g/mol. The molecular weight excluding hydrogens is 476 g/mol. The van der Waals surface area contributed by atoms with Crippen molar-refractivity contribution in [2.24, 2.45) is 10.8 Å². The lowest BCUT2D eigenvalue weighted by Gasteiger charge is -2.58. The maximum absolute atomic E-state index is 13.0. The van der Waals surface area contributed by atoms with Crippen molar-refractivity contribution in [3.05, 3.63) is 47.6 Å². The van der Waals surface area contributed by atoms with Crippen molar-refractivity contribution in [3.8, 4) is 0 Å². The van der Waals surface area contributed by atoms with Gasteiger partial charge in [0.1, 0.15) is 24.4 Å². The normalized spacial score (nSPS) is 50.5. The molecule has 0 unspecified atom stereocenters. The zero-order valence-corrected chi connectivity index (χ0v) is 21.9. The molecule has 8 nitrogen and oxygen atoms in total. The van der Waals surface area contributed by atoms with E-state index in [1.54, 1.807) is 12.2 Å². The van der Waals surface area contributed by atoms with Gasteiger partial charge in [0.25, 0.3) is 0 Å². The third kappa shape index (κ3) is 3.87.